The van der Waals surface area contributed by atoms with Gasteiger partial charge in [0, 0.05) is 16.8 Å². The molecule has 0 saturated heterocycles. The SMILES string of the molecule is CC(C)c1ccc2c(c1)OC1(O)c3cccc(N)c3C(=O)C21N. The zero-order valence-corrected chi connectivity index (χ0v) is 13.0. The fraction of sp³-hybridized carbons (Fsp3) is 0.278. The van der Waals surface area contributed by atoms with E-state index in [0.717, 1.165) is 5.56 Å². The number of fused-ring (bicyclic) bond motifs is 5. The molecule has 4 rings (SSSR count). The zero-order valence-electron chi connectivity index (χ0n) is 13.0. The molecule has 1 aliphatic heterocycles. The number of aliphatic hydroxyl groups is 1. The molecule has 2 aromatic rings. The lowest BCUT2D eigenvalue weighted by molar-refractivity contribution is -0.162. The predicted octanol–water partition coefficient (Wildman–Crippen LogP) is 1.98. The lowest BCUT2D eigenvalue weighted by atomic mass is 9.83. The summed E-state index contributed by atoms with van der Waals surface area (Å²) < 4.78 is 5.82. The van der Waals surface area contributed by atoms with Gasteiger partial charge in [0.25, 0.3) is 5.79 Å². The van der Waals surface area contributed by atoms with Crippen LogP contribution in [0.25, 0.3) is 0 Å². The molecule has 0 saturated carbocycles. The van der Waals surface area contributed by atoms with E-state index < -0.39 is 17.1 Å². The second kappa shape index (κ2) is 4.13. The van der Waals surface area contributed by atoms with Gasteiger partial charge in [-0.05, 0) is 23.6 Å². The van der Waals surface area contributed by atoms with E-state index in [9.17, 15) is 9.90 Å². The highest BCUT2D eigenvalue weighted by Crippen LogP contribution is 2.57. The molecule has 5 N–H and O–H groups in total. The third-order valence-electron chi connectivity index (χ3n) is 4.94. The van der Waals surface area contributed by atoms with Crippen LogP contribution in [0, 0.1) is 0 Å². The second-order valence-corrected chi connectivity index (χ2v) is 6.56. The van der Waals surface area contributed by atoms with E-state index in [2.05, 4.69) is 13.8 Å². The molecule has 0 aromatic heterocycles. The highest BCUT2D eigenvalue weighted by molar-refractivity contribution is 6.13. The molecule has 118 valence electrons. The number of Topliss-reactive ketones (excluding diaryl/α,β-unsaturated/α-hetero) is 1. The van der Waals surface area contributed by atoms with Gasteiger partial charge in [-0.15, -0.1) is 0 Å². The smallest absolute Gasteiger partial charge is 0.265 e. The van der Waals surface area contributed by atoms with Gasteiger partial charge in [0.2, 0.25) is 0 Å². The summed E-state index contributed by atoms with van der Waals surface area (Å²) in [5.74, 6) is -1.59. The molecule has 2 aliphatic rings. The van der Waals surface area contributed by atoms with Crippen LogP contribution in [0.3, 0.4) is 0 Å². The van der Waals surface area contributed by atoms with Crippen LogP contribution in [0.5, 0.6) is 5.75 Å². The summed E-state index contributed by atoms with van der Waals surface area (Å²) >= 11 is 0. The highest BCUT2D eigenvalue weighted by Gasteiger charge is 2.69. The van der Waals surface area contributed by atoms with Gasteiger partial charge in [0.15, 0.2) is 11.3 Å². The van der Waals surface area contributed by atoms with E-state index in [1.54, 1.807) is 24.3 Å². The molecule has 5 heteroatoms. The highest BCUT2D eigenvalue weighted by atomic mass is 16.6. The number of ether oxygens (including phenoxy) is 1. The van der Waals surface area contributed by atoms with Crippen molar-refractivity contribution in [3.63, 3.8) is 0 Å². The summed E-state index contributed by atoms with van der Waals surface area (Å²) in [7, 11) is 0. The van der Waals surface area contributed by atoms with Crippen molar-refractivity contribution in [2.45, 2.75) is 31.1 Å². The van der Waals surface area contributed by atoms with E-state index in [-0.39, 0.29) is 5.56 Å². The fourth-order valence-electron chi connectivity index (χ4n) is 3.58. The van der Waals surface area contributed by atoms with E-state index in [1.807, 2.05) is 12.1 Å². The molecule has 2 aromatic carbocycles. The summed E-state index contributed by atoms with van der Waals surface area (Å²) in [5.41, 5.74) is 13.1. The van der Waals surface area contributed by atoms with Crippen molar-refractivity contribution >= 4 is 11.5 Å². The number of carbonyl (C=O) groups is 1. The molecule has 1 aliphatic carbocycles. The first-order valence-electron chi connectivity index (χ1n) is 7.59. The molecule has 23 heavy (non-hydrogen) atoms. The number of benzene rings is 2. The van der Waals surface area contributed by atoms with Crippen molar-refractivity contribution in [3.05, 3.63) is 58.7 Å². The zero-order chi connectivity index (χ0) is 16.6. The lowest BCUT2D eigenvalue weighted by Crippen LogP contribution is -2.55. The molecule has 0 amide bonds. The second-order valence-electron chi connectivity index (χ2n) is 6.56. The Kier molecular flexibility index (Phi) is 2.55. The molecule has 2 atom stereocenters. The molecule has 5 nitrogen and oxygen atoms in total. The Labute approximate surface area is 133 Å². The average Bonchev–Trinajstić information content (AvgIpc) is 2.84. The van der Waals surface area contributed by atoms with Crippen LogP contribution in [0.15, 0.2) is 36.4 Å². The summed E-state index contributed by atoms with van der Waals surface area (Å²) in [4.78, 5) is 13.0. The Morgan fingerprint density at radius 2 is 1.91 bits per heavy atom. The summed E-state index contributed by atoms with van der Waals surface area (Å²) in [6.07, 6.45) is 0. The Balaban J connectivity index is 1.98. The van der Waals surface area contributed by atoms with Crippen molar-refractivity contribution in [3.8, 4) is 5.75 Å². The Morgan fingerprint density at radius 1 is 1.17 bits per heavy atom. The molecule has 2 unspecified atom stereocenters. The third kappa shape index (κ3) is 1.46. The summed E-state index contributed by atoms with van der Waals surface area (Å²) in [6.45, 7) is 4.12. The minimum Gasteiger partial charge on any atom is -0.455 e. The lowest BCUT2D eigenvalue weighted by Gasteiger charge is -2.29. The number of hydrogen-bond donors (Lipinski definition) is 3. The van der Waals surface area contributed by atoms with Gasteiger partial charge in [-0.2, -0.15) is 0 Å². The van der Waals surface area contributed by atoms with Gasteiger partial charge in [-0.1, -0.05) is 38.1 Å². The van der Waals surface area contributed by atoms with Gasteiger partial charge < -0.3 is 21.3 Å². The minimum absolute atomic E-state index is 0.246. The molecule has 0 radical (unpaired) electrons. The average molecular weight is 310 g/mol. The Hall–Kier alpha value is -2.37. The largest absolute Gasteiger partial charge is 0.455 e. The predicted molar refractivity (Wildman–Crippen MR) is 86.1 cm³/mol. The number of anilines is 1. The van der Waals surface area contributed by atoms with Crippen LogP contribution in [0.4, 0.5) is 5.69 Å². The maximum absolute atomic E-state index is 13.0. The van der Waals surface area contributed by atoms with Gasteiger partial charge in [0.05, 0.1) is 5.56 Å². The van der Waals surface area contributed by atoms with Crippen LogP contribution in [-0.2, 0) is 11.3 Å². The maximum atomic E-state index is 13.0. The number of nitrogen functional groups attached to an aromatic ring is 1. The normalized spacial score (nSPS) is 27.6. The summed E-state index contributed by atoms with van der Waals surface area (Å²) in [5, 5.41) is 11.2. The van der Waals surface area contributed by atoms with Gasteiger partial charge >= 0.3 is 0 Å². The molecule has 0 bridgehead atoms. The van der Waals surface area contributed by atoms with Gasteiger partial charge in [-0.25, -0.2) is 0 Å². The van der Waals surface area contributed by atoms with Crippen molar-refractivity contribution in [2.24, 2.45) is 5.73 Å². The molecule has 0 fully saturated rings. The first-order chi connectivity index (χ1) is 10.8. The van der Waals surface area contributed by atoms with Crippen LogP contribution < -0.4 is 16.2 Å². The van der Waals surface area contributed by atoms with Gasteiger partial charge in [-0.3, -0.25) is 4.79 Å². The molecule has 0 spiro atoms. The van der Waals surface area contributed by atoms with E-state index in [4.69, 9.17) is 16.2 Å². The topological polar surface area (TPSA) is 98.6 Å². The first-order valence-corrected chi connectivity index (χ1v) is 7.59. The molecule has 1 heterocycles. The number of rotatable bonds is 1. The standard InChI is InChI=1S/C18H18N2O3/c1-9(2)10-6-7-11-14(8-10)23-18(22)12-4-3-5-13(19)15(12)16(21)17(11,18)20/h3-9,22H,19-20H2,1-2H3. The van der Waals surface area contributed by atoms with Crippen LogP contribution in [-0.4, -0.2) is 10.9 Å². The number of carbonyl (C=O) groups excluding carboxylic acids is 1. The van der Waals surface area contributed by atoms with Crippen molar-refractivity contribution in [1.82, 2.24) is 0 Å². The first kappa shape index (κ1) is 14.2. The van der Waals surface area contributed by atoms with Crippen LogP contribution >= 0.6 is 0 Å². The van der Waals surface area contributed by atoms with Gasteiger partial charge in [0.1, 0.15) is 5.75 Å². The fourth-order valence-corrected chi connectivity index (χ4v) is 3.58. The van der Waals surface area contributed by atoms with E-state index in [0.29, 0.717) is 28.5 Å². The number of ketones is 1. The maximum Gasteiger partial charge on any atom is 0.265 e. The molecular formula is C18H18N2O3. The monoisotopic (exact) mass is 310 g/mol. The van der Waals surface area contributed by atoms with Crippen LogP contribution in [0.2, 0.25) is 0 Å². The quantitative estimate of drug-likeness (QED) is 0.700. The van der Waals surface area contributed by atoms with E-state index >= 15 is 0 Å². The number of nitrogens with two attached hydrogens (primary N) is 2. The minimum atomic E-state index is -1.92. The van der Waals surface area contributed by atoms with E-state index in [1.165, 1.54) is 0 Å². The van der Waals surface area contributed by atoms with Crippen LogP contribution in [0.1, 0.15) is 46.8 Å². The molecular weight excluding hydrogens is 292 g/mol. The third-order valence-corrected chi connectivity index (χ3v) is 4.94. The van der Waals surface area contributed by atoms with Crippen molar-refractivity contribution < 1.29 is 14.6 Å². The van der Waals surface area contributed by atoms with Crippen molar-refractivity contribution in [1.29, 1.82) is 0 Å². The Bertz CT molecular complexity index is 861. The Morgan fingerprint density at radius 3 is 2.61 bits per heavy atom. The number of hydrogen-bond acceptors (Lipinski definition) is 5. The summed E-state index contributed by atoms with van der Waals surface area (Å²) in [6, 6.07) is 10.4. The van der Waals surface area contributed by atoms with Crippen molar-refractivity contribution in [2.75, 3.05) is 5.73 Å².